The maximum Gasteiger partial charge on any atom is 0.305 e. The van der Waals surface area contributed by atoms with Gasteiger partial charge in [0.1, 0.15) is 18.8 Å². The van der Waals surface area contributed by atoms with Crippen molar-refractivity contribution in [2.75, 3.05) is 13.7 Å². The number of hydrogen-bond donors (Lipinski definition) is 1. The van der Waals surface area contributed by atoms with Crippen LogP contribution in [0.25, 0.3) is 0 Å². The molecule has 0 aromatic heterocycles. The van der Waals surface area contributed by atoms with Crippen LogP contribution in [0.2, 0.25) is 0 Å². The molecular formula is C35H52O7. The highest BCUT2D eigenvalue weighted by molar-refractivity contribution is 5.69. The lowest BCUT2D eigenvalue weighted by Crippen LogP contribution is -2.51. The van der Waals surface area contributed by atoms with Crippen molar-refractivity contribution in [2.45, 2.75) is 123 Å². The van der Waals surface area contributed by atoms with Crippen molar-refractivity contribution in [3.8, 4) is 0 Å². The van der Waals surface area contributed by atoms with Gasteiger partial charge in [-0.05, 0) is 112 Å². The molecule has 7 heteroatoms. The lowest BCUT2D eigenvalue weighted by molar-refractivity contribution is -0.207. The summed E-state index contributed by atoms with van der Waals surface area (Å²) < 4.78 is 22.2. The molecule has 10 atom stereocenters. The molecule has 0 amide bonds. The molecule has 0 spiro atoms. The molecule has 234 valence electrons. The van der Waals surface area contributed by atoms with Crippen LogP contribution in [-0.2, 0) is 28.5 Å². The predicted octanol–water partition coefficient (Wildman–Crippen LogP) is 6.45. The van der Waals surface area contributed by atoms with Crippen LogP contribution in [0.4, 0.5) is 0 Å². The predicted molar refractivity (Wildman–Crippen MR) is 160 cm³/mol. The van der Waals surface area contributed by atoms with Crippen molar-refractivity contribution in [3.05, 3.63) is 35.5 Å². The molecule has 3 saturated carbocycles. The van der Waals surface area contributed by atoms with Crippen LogP contribution in [-0.4, -0.2) is 55.4 Å². The average Bonchev–Trinajstić information content (AvgIpc) is 3.32. The highest BCUT2D eigenvalue weighted by atomic mass is 16.7. The molecule has 4 aliphatic carbocycles. The van der Waals surface area contributed by atoms with E-state index in [-0.39, 0.29) is 30.1 Å². The molecule has 0 saturated heterocycles. The first-order chi connectivity index (χ1) is 20.0. The van der Waals surface area contributed by atoms with E-state index in [1.807, 2.05) is 0 Å². The smallest absolute Gasteiger partial charge is 0.305 e. The fourth-order valence-electron chi connectivity index (χ4n) is 9.54. The Morgan fingerprint density at radius 3 is 2.67 bits per heavy atom. The van der Waals surface area contributed by atoms with Gasteiger partial charge in [-0.3, -0.25) is 9.59 Å². The van der Waals surface area contributed by atoms with Gasteiger partial charge >= 0.3 is 11.9 Å². The Labute approximate surface area is 252 Å². The third-order valence-corrected chi connectivity index (χ3v) is 11.8. The Morgan fingerprint density at radius 2 is 1.90 bits per heavy atom. The van der Waals surface area contributed by atoms with Crippen molar-refractivity contribution < 1.29 is 33.6 Å². The standard InChI is InChI=1S/C35H52O7/c1-22(8-6-7-9-32(38)39-5)27-12-13-28-26-11-10-24-20-25(16-18-34(24,3)29(26)17-19-35(27,28)4)41-33-15-14-30(37)31(42-33)21-40-23(2)36/h8,10,14-15,25-31,33,37H,6-7,9,11-13,16-21H2,1-5H3/b22-8+/t25-,26-,27+,28-,29-,30-,31+,33?,34-,35+/m0/s1. The largest absolute Gasteiger partial charge is 0.469 e. The van der Waals surface area contributed by atoms with Gasteiger partial charge in [-0.15, -0.1) is 0 Å². The summed E-state index contributed by atoms with van der Waals surface area (Å²) in [4.78, 5) is 22.7. The van der Waals surface area contributed by atoms with Gasteiger partial charge in [-0.25, -0.2) is 0 Å². The summed E-state index contributed by atoms with van der Waals surface area (Å²) in [7, 11) is 1.46. The molecule has 5 rings (SSSR count). The minimum atomic E-state index is -0.810. The molecule has 1 heterocycles. The van der Waals surface area contributed by atoms with Crippen molar-refractivity contribution in [1.82, 2.24) is 0 Å². The van der Waals surface area contributed by atoms with Crippen LogP contribution in [0.1, 0.15) is 98.3 Å². The van der Waals surface area contributed by atoms with Crippen molar-refractivity contribution in [1.29, 1.82) is 0 Å². The molecule has 0 aromatic rings. The summed E-state index contributed by atoms with van der Waals surface area (Å²) >= 11 is 0. The fourth-order valence-corrected chi connectivity index (χ4v) is 9.54. The lowest BCUT2D eigenvalue weighted by Gasteiger charge is -2.58. The second-order valence-corrected chi connectivity index (χ2v) is 14.1. The van der Waals surface area contributed by atoms with Crippen LogP contribution < -0.4 is 0 Å². The quantitative estimate of drug-likeness (QED) is 0.189. The Balaban J connectivity index is 1.20. The molecule has 0 bridgehead atoms. The number of unbranched alkanes of at least 4 members (excludes halogenated alkanes) is 1. The number of rotatable bonds is 9. The second-order valence-electron chi connectivity index (χ2n) is 14.1. The van der Waals surface area contributed by atoms with Gasteiger partial charge in [-0.2, -0.15) is 0 Å². The number of ether oxygens (including phenoxy) is 4. The van der Waals surface area contributed by atoms with Crippen molar-refractivity contribution in [2.24, 2.45) is 34.5 Å². The summed E-state index contributed by atoms with van der Waals surface area (Å²) in [6, 6.07) is 0. The molecule has 3 fully saturated rings. The van der Waals surface area contributed by atoms with E-state index in [2.05, 4.69) is 32.9 Å². The first-order valence-corrected chi connectivity index (χ1v) is 16.3. The third kappa shape index (κ3) is 6.30. The van der Waals surface area contributed by atoms with Crippen molar-refractivity contribution in [3.63, 3.8) is 0 Å². The third-order valence-electron chi connectivity index (χ3n) is 11.8. The monoisotopic (exact) mass is 584 g/mol. The van der Waals surface area contributed by atoms with E-state index < -0.39 is 18.5 Å². The van der Waals surface area contributed by atoms with E-state index in [4.69, 9.17) is 18.9 Å². The van der Waals surface area contributed by atoms with Crippen LogP contribution in [0.15, 0.2) is 35.5 Å². The van der Waals surface area contributed by atoms with E-state index in [9.17, 15) is 14.7 Å². The number of aliphatic hydroxyl groups is 1. The summed E-state index contributed by atoms with van der Waals surface area (Å²) in [5.41, 5.74) is 3.69. The molecule has 42 heavy (non-hydrogen) atoms. The maximum absolute atomic E-state index is 11.5. The average molecular weight is 585 g/mol. The lowest BCUT2D eigenvalue weighted by atomic mass is 9.47. The minimum Gasteiger partial charge on any atom is -0.469 e. The van der Waals surface area contributed by atoms with E-state index >= 15 is 0 Å². The first-order valence-electron chi connectivity index (χ1n) is 16.3. The van der Waals surface area contributed by atoms with Gasteiger partial charge in [0, 0.05) is 13.3 Å². The second kappa shape index (κ2) is 13.0. The molecule has 0 aromatic carbocycles. The fraction of sp³-hybridized carbons (Fsp3) is 0.771. The zero-order valence-electron chi connectivity index (χ0n) is 26.3. The van der Waals surface area contributed by atoms with Crippen LogP contribution in [0, 0.1) is 34.5 Å². The number of hydrogen-bond acceptors (Lipinski definition) is 7. The Bertz CT molecular complexity index is 1090. The van der Waals surface area contributed by atoms with E-state index in [0.717, 1.165) is 49.9 Å². The normalized spacial score (nSPS) is 41.3. The molecule has 5 aliphatic rings. The Kier molecular flexibility index (Phi) is 9.70. The zero-order chi connectivity index (χ0) is 30.1. The molecule has 1 unspecified atom stereocenters. The minimum absolute atomic E-state index is 0.0172. The van der Waals surface area contributed by atoms with E-state index in [1.54, 1.807) is 17.7 Å². The topological polar surface area (TPSA) is 91.3 Å². The number of methoxy groups -OCH3 is 1. The number of carbonyl (C=O) groups excluding carboxylic acids is 2. The van der Waals surface area contributed by atoms with Gasteiger partial charge in [-0.1, -0.05) is 43.2 Å². The Hall–Kier alpha value is -1.96. The molecular weight excluding hydrogens is 532 g/mol. The first kappa shape index (κ1) is 31.5. The van der Waals surface area contributed by atoms with Gasteiger partial charge in [0.05, 0.1) is 13.2 Å². The van der Waals surface area contributed by atoms with Crippen LogP contribution >= 0.6 is 0 Å². The number of aliphatic hydroxyl groups excluding tert-OH is 1. The molecule has 1 aliphatic heterocycles. The summed E-state index contributed by atoms with van der Waals surface area (Å²) in [5, 5.41) is 10.2. The highest BCUT2D eigenvalue weighted by Crippen LogP contribution is 2.67. The summed E-state index contributed by atoms with van der Waals surface area (Å²) in [5.74, 6) is 2.39. The molecule has 0 radical (unpaired) electrons. The highest BCUT2D eigenvalue weighted by Gasteiger charge is 2.58. The van der Waals surface area contributed by atoms with Gasteiger partial charge < -0.3 is 24.1 Å². The van der Waals surface area contributed by atoms with Crippen molar-refractivity contribution >= 4 is 11.9 Å². The summed E-state index contributed by atoms with van der Waals surface area (Å²) in [6.07, 6.45) is 18.3. The van der Waals surface area contributed by atoms with E-state index in [0.29, 0.717) is 17.8 Å². The number of esters is 2. The zero-order valence-corrected chi connectivity index (χ0v) is 26.3. The molecule has 1 N–H and O–H groups in total. The SMILES string of the molecule is COC(=O)CCC/C=C(\C)[C@H]1CC[C@H]2[C@@H]3CC=C4C[C@@H](OC5C=C[C@H](O)[C@@H](COC(C)=O)O5)CC[C@]4(C)[C@H]3CC[C@]12C. The summed E-state index contributed by atoms with van der Waals surface area (Å²) in [6.45, 7) is 8.80. The number of fused-ring (bicyclic) bond motifs is 5. The van der Waals surface area contributed by atoms with E-state index in [1.165, 1.54) is 51.7 Å². The van der Waals surface area contributed by atoms with Gasteiger partial charge in [0.15, 0.2) is 6.29 Å². The van der Waals surface area contributed by atoms with Gasteiger partial charge in [0.25, 0.3) is 0 Å². The Morgan fingerprint density at radius 1 is 1.10 bits per heavy atom. The number of carbonyl (C=O) groups is 2. The maximum atomic E-state index is 11.5. The number of allylic oxidation sites excluding steroid dienone is 3. The van der Waals surface area contributed by atoms with Gasteiger partial charge in [0.2, 0.25) is 0 Å². The molecule has 7 nitrogen and oxygen atoms in total. The van der Waals surface area contributed by atoms with Crippen LogP contribution in [0.3, 0.4) is 0 Å². The van der Waals surface area contributed by atoms with Crippen LogP contribution in [0.5, 0.6) is 0 Å².